The second-order valence-electron chi connectivity index (χ2n) is 6.44. The zero-order chi connectivity index (χ0) is 20.4. The van der Waals surface area contributed by atoms with E-state index in [0.29, 0.717) is 33.7 Å². The van der Waals surface area contributed by atoms with Gasteiger partial charge in [-0.3, -0.25) is 4.79 Å². The van der Waals surface area contributed by atoms with E-state index in [0.717, 1.165) is 5.56 Å². The zero-order valence-corrected chi connectivity index (χ0v) is 16.1. The molecule has 0 spiro atoms. The normalized spacial score (nSPS) is 10.7. The summed E-state index contributed by atoms with van der Waals surface area (Å²) in [6.07, 6.45) is -0.202. The second kappa shape index (κ2) is 7.64. The standard InChI is InChI=1S/C21H21NO6/c1-11-7-16(23)20-12(2)14(21(25)28-18(20)8-11)10-19(24)22-15-6-5-13(26-3)9-17(15)27-4/h5-9,23H,10H2,1-4H3,(H,22,24). The number of carbonyl (C=O) groups is 1. The van der Waals surface area contributed by atoms with Crippen LogP contribution in [0.3, 0.4) is 0 Å². The number of phenolic OH excluding ortho intramolecular Hbond substituents is 1. The molecule has 146 valence electrons. The molecule has 1 heterocycles. The van der Waals surface area contributed by atoms with E-state index in [9.17, 15) is 14.7 Å². The van der Waals surface area contributed by atoms with Crippen molar-refractivity contribution in [1.29, 1.82) is 0 Å². The first-order chi connectivity index (χ1) is 13.3. The van der Waals surface area contributed by atoms with Gasteiger partial charge < -0.3 is 24.3 Å². The third-order valence-electron chi connectivity index (χ3n) is 4.52. The molecule has 1 aromatic heterocycles. The largest absolute Gasteiger partial charge is 0.507 e. The van der Waals surface area contributed by atoms with E-state index in [1.807, 2.05) is 0 Å². The van der Waals surface area contributed by atoms with Crippen molar-refractivity contribution in [2.45, 2.75) is 20.3 Å². The fourth-order valence-corrected chi connectivity index (χ4v) is 3.12. The van der Waals surface area contributed by atoms with Gasteiger partial charge >= 0.3 is 5.63 Å². The van der Waals surface area contributed by atoms with E-state index in [1.165, 1.54) is 14.2 Å². The smallest absolute Gasteiger partial charge is 0.340 e. The second-order valence-corrected chi connectivity index (χ2v) is 6.44. The summed E-state index contributed by atoms with van der Waals surface area (Å²) in [6.45, 7) is 3.48. The molecular formula is C21H21NO6. The summed E-state index contributed by atoms with van der Waals surface area (Å²) in [5, 5.41) is 13.4. The Kier molecular flexibility index (Phi) is 5.26. The Bertz CT molecular complexity index is 1120. The van der Waals surface area contributed by atoms with E-state index in [1.54, 1.807) is 44.2 Å². The zero-order valence-electron chi connectivity index (χ0n) is 16.1. The predicted octanol–water partition coefficient (Wildman–Crippen LogP) is 3.31. The fourth-order valence-electron chi connectivity index (χ4n) is 3.12. The Labute approximate surface area is 161 Å². The van der Waals surface area contributed by atoms with Crippen LogP contribution in [0.4, 0.5) is 5.69 Å². The number of methoxy groups -OCH3 is 2. The Morgan fingerprint density at radius 3 is 2.57 bits per heavy atom. The van der Waals surface area contributed by atoms with Crippen LogP contribution in [0.1, 0.15) is 16.7 Å². The predicted molar refractivity (Wildman–Crippen MR) is 106 cm³/mol. The molecule has 7 nitrogen and oxygen atoms in total. The van der Waals surface area contributed by atoms with E-state index in [4.69, 9.17) is 13.9 Å². The van der Waals surface area contributed by atoms with Gasteiger partial charge in [0.15, 0.2) is 0 Å². The fraction of sp³-hybridized carbons (Fsp3) is 0.238. The first-order valence-corrected chi connectivity index (χ1v) is 8.61. The summed E-state index contributed by atoms with van der Waals surface area (Å²) in [7, 11) is 3.02. The molecule has 2 N–H and O–H groups in total. The number of phenols is 1. The molecule has 0 unspecified atom stereocenters. The summed E-state index contributed by atoms with van der Waals surface area (Å²) >= 11 is 0. The third-order valence-corrected chi connectivity index (χ3v) is 4.52. The van der Waals surface area contributed by atoms with Gasteiger partial charge in [-0.1, -0.05) is 0 Å². The number of anilines is 1. The highest BCUT2D eigenvalue weighted by atomic mass is 16.5. The van der Waals surface area contributed by atoms with Crippen molar-refractivity contribution in [3.8, 4) is 17.2 Å². The monoisotopic (exact) mass is 383 g/mol. The van der Waals surface area contributed by atoms with Crippen LogP contribution in [-0.4, -0.2) is 25.2 Å². The Morgan fingerprint density at radius 2 is 1.89 bits per heavy atom. The summed E-state index contributed by atoms with van der Waals surface area (Å²) in [4.78, 5) is 24.9. The van der Waals surface area contributed by atoms with Gasteiger partial charge in [-0.25, -0.2) is 4.79 Å². The van der Waals surface area contributed by atoms with Gasteiger partial charge in [0.1, 0.15) is 22.8 Å². The molecule has 0 aliphatic rings. The van der Waals surface area contributed by atoms with Gasteiger partial charge in [-0.05, 0) is 49.2 Å². The number of hydrogen-bond acceptors (Lipinski definition) is 6. The van der Waals surface area contributed by atoms with Crippen molar-refractivity contribution in [2.75, 3.05) is 19.5 Å². The van der Waals surface area contributed by atoms with Crippen LogP contribution in [0, 0.1) is 13.8 Å². The molecule has 0 atom stereocenters. The minimum atomic E-state index is -0.605. The van der Waals surface area contributed by atoms with Gasteiger partial charge in [-0.2, -0.15) is 0 Å². The Hall–Kier alpha value is -3.48. The summed E-state index contributed by atoms with van der Waals surface area (Å²) in [6, 6.07) is 8.25. The van der Waals surface area contributed by atoms with Crippen LogP contribution in [0.25, 0.3) is 11.0 Å². The van der Waals surface area contributed by atoms with E-state index in [-0.39, 0.29) is 17.7 Å². The van der Waals surface area contributed by atoms with Crippen molar-refractivity contribution < 1.29 is 23.8 Å². The molecule has 0 aliphatic carbocycles. The number of amides is 1. The van der Waals surface area contributed by atoms with Crippen molar-refractivity contribution in [3.63, 3.8) is 0 Å². The molecule has 0 saturated carbocycles. The van der Waals surface area contributed by atoms with Crippen LogP contribution in [-0.2, 0) is 11.2 Å². The van der Waals surface area contributed by atoms with E-state index >= 15 is 0 Å². The highest BCUT2D eigenvalue weighted by Crippen LogP contribution is 2.31. The lowest BCUT2D eigenvalue weighted by atomic mass is 10.0. The average Bonchev–Trinajstić information content (AvgIpc) is 2.64. The molecule has 1 amide bonds. The number of ether oxygens (including phenoxy) is 2. The van der Waals surface area contributed by atoms with Crippen molar-refractivity contribution >= 4 is 22.6 Å². The minimum absolute atomic E-state index is 0.00901. The minimum Gasteiger partial charge on any atom is -0.507 e. The number of hydrogen-bond donors (Lipinski definition) is 2. The first-order valence-electron chi connectivity index (χ1n) is 8.61. The number of rotatable bonds is 5. The van der Waals surface area contributed by atoms with E-state index < -0.39 is 11.5 Å². The van der Waals surface area contributed by atoms with Crippen LogP contribution in [0.5, 0.6) is 17.2 Å². The molecule has 3 aromatic rings. The lowest BCUT2D eigenvalue weighted by Gasteiger charge is -2.13. The summed E-state index contributed by atoms with van der Waals surface area (Å²) in [5.74, 6) is 0.620. The number of benzene rings is 2. The lowest BCUT2D eigenvalue weighted by Crippen LogP contribution is -2.21. The maximum atomic E-state index is 12.5. The quantitative estimate of drug-likeness (QED) is 0.656. The molecule has 0 aliphatic heterocycles. The maximum absolute atomic E-state index is 12.5. The number of aromatic hydroxyl groups is 1. The summed E-state index contributed by atoms with van der Waals surface area (Å²) in [5.41, 5.74) is 1.62. The topological polar surface area (TPSA) is 98.0 Å². The van der Waals surface area contributed by atoms with Crippen molar-refractivity contribution in [3.05, 3.63) is 57.4 Å². The van der Waals surface area contributed by atoms with E-state index in [2.05, 4.69) is 5.32 Å². The number of aryl methyl sites for hydroxylation is 2. The number of nitrogens with one attached hydrogen (secondary N) is 1. The maximum Gasteiger partial charge on any atom is 0.340 e. The van der Waals surface area contributed by atoms with Crippen LogP contribution in [0.2, 0.25) is 0 Å². The molecule has 0 saturated heterocycles. The number of carbonyl (C=O) groups excluding carboxylic acids is 1. The SMILES string of the molecule is COc1ccc(NC(=O)Cc2c(C)c3c(O)cc(C)cc3oc2=O)c(OC)c1. The highest BCUT2D eigenvalue weighted by molar-refractivity contribution is 5.95. The molecule has 0 fully saturated rings. The molecule has 3 rings (SSSR count). The first kappa shape index (κ1) is 19.3. The summed E-state index contributed by atoms with van der Waals surface area (Å²) < 4.78 is 15.7. The van der Waals surface area contributed by atoms with Crippen LogP contribution in [0.15, 0.2) is 39.5 Å². The van der Waals surface area contributed by atoms with Gasteiger partial charge in [0.25, 0.3) is 0 Å². The van der Waals surface area contributed by atoms with Crippen LogP contribution < -0.4 is 20.4 Å². The number of fused-ring (bicyclic) bond motifs is 1. The highest BCUT2D eigenvalue weighted by Gasteiger charge is 2.18. The lowest BCUT2D eigenvalue weighted by molar-refractivity contribution is -0.115. The van der Waals surface area contributed by atoms with Gasteiger partial charge in [0.05, 0.1) is 37.3 Å². The molecule has 28 heavy (non-hydrogen) atoms. The molecule has 0 bridgehead atoms. The molecule has 2 aromatic carbocycles. The molecule has 7 heteroatoms. The Balaban J connectivity index is 1.93. The van der Waals surface area contributed by atoms with Crippen molar-refractivity contribution in [2.24, 2.45) is 0 Å². The van der Waals surface area contributed by atoms with Gasteiger partial charge in [0, 0.05) is 6.07 Å². The molecular weight excluding hydrogens is 362 g/mol. The Morgan fingerprint density at radius 1 is 1.14 bits per heavy atom. The average molecular weight is 383 g/mol. The third kappa shape index (κ3) is 3.64. The van der Waals surface area contributed by atoms with Gasteiger partial charge in [-0.15, -0.1) is 0 Å². The molecule has 0 radical (unpaired) electrons. The van der Waals surface area contributed by atoms with Crippen LogP contribution >= 0.6 is 0 Å². The van der Waals surface area contributed by atoms with Crippen molar-refractivity contribution in [1.82, 2.24) is 0 Å². The van der Waals surface area contributed by atoms with Gasteiger partial charge in [0.2, 0.25) is 5.91 Å².